The smallest absolute Gasteiger partial charge is 0.364 e. The first-order valence-corrected chi connectivity index (χ1v) is 3.55. The highest BCUT2D eigenvalue weighted by Crippen LogP contribution is 2.36. The van der Waals surface area contributed by atoms with Crippen LogP contribution < -0.4 is 0 Å². The first-order chi connectivity index (χ1) is 6.20. The van der Waals surface area contributed by atoms with Gasteiger partial charge in [-0.05, 0) is 12.1 Å². The van der Waals surface area contributed by atoms with Crippen molar-refractivity contribution < 1.29 is 14.4 Å². The van der Waals surface area contributed by atoms with Crippen LogP contribution in [-0.4, -0.2) is 10.0 Å². The lowest BCUT2D eigenvalue weighted by molar-refractivity contribution is -0.384. The van der Waals surface area contributed by atoms with Gasteiger partial charge in [-0.3, -0.25) is 10.1 Å². The Bertz CT molecular complexity index is 474. The lowest BCUT2D eigenvalue weighted by Crippen LogP contribution is -1.85. The van der Waals surface area contributed by atoms with E-state index in [2.05, 4.69) is 0 Å². The highest BCUT2D eigenvalue weighted by atomic mass is 16.6. The van der Waals surface area contributed by atoms with E-state index in [0.29, 0.717) is 11.0 Å². The van der Waals surface area contributed by atoms with Crippen molar-refractivity contribution in [1.82, 2.24) is 0 Å². The molecule has 0 aliphatic heterocycles. The molecule has 1 heterocycles. The predicted octanol–water partition coefficient (Wildman–Crippen LogP) is 2.05. The number of para-hydroxylation sites is 1. The van der Waals surface area contributed by atoms with Crippen molar-refractivity contribution in [1.29, 1.82) is 0 Å². The van der Waals surface area contributed by atoms with Crippen LogP contribution in [0.3, 0.4) is 0 Å². The van der Waals surface area contributed by atoms with Gasteiger partial charge in [-0.15, -0.1) is 0 Å². The van der Waals surface area contributed by atoms with E-state index >= 15 is 0 Å². The number of nitro groups is 1. The van der Waals surface area contributed by atoms with Gasteiger partial charge in [0.05, 0.1) is 4.92 Å². The Morgan fingerprint density at radius 1 is 1.38 bits per heavy atom. The van der Waals surface area contributed by atoms with Gasteiger partial charge in [-0.1, -0.05) is 12.1 Å². The number of hydrogen-bond acceptors (Lipinski definition) is 4. The van der Waals surface area contributed by atoms with Crippen molar-refractivity contribution >= 4 is 16.7 Å². The van der Waals surface area contributed by atoms with E-state index in [-0.39, 0.29) is 5.69 Å². The first-order valence-electron chi connectivity index (χ1n) is 3.55. The molecular formula is C8H5NO4. The fourth-order valence-electron chi connectivity index (χ4n) is 1.20. The number of hydrogen-bond donors (Lipinski definition) is 1. The standard InChI is InChI=1S/C8H5NO4/c10-8-7(9(11)12)5-3-1-2-4-6(5)13-8/h1-4,10H. The maximum Gasteiger partial charge on any atom is 0.364 e. The maximum atomic E-state index is 10.5. The van der Waals surface area contributed by atoms with Gasteiger partial charge in [-0.2, -0.15) is 0 Å². The molecule has 66 valence electrons. The Labute approximate surface area is 72.4 Å². The van der Waals surface area contributed by atoms with Crippen LogP contribution in [-0.2, 0) is 0 Å². The van der Waals surface area contributed by atoms with Crippen molar-refractivity contribution in [2.45, 2.75) is 0 Å². The van der Waals surface area contributed by atoms with Crippen molar-refractivity contribution in [3.8, 4) is 5.95 Å². The molecule has 5 heteroatoms. The van der Waals surface area contributed by atoms with Gasteiger partial charge in [0.15, 0.2) is 0 Å². The molecule has 5 nitrogen and oxygen atoms in total. The van der Waals surface area contributed by atoms with Crippen LogP contribution in [0.4, 0.5) is 5.69 Å². The zero-order valence-electron chi connectivity index (χ0n) is 6.43. The molecule has 0 atom stereocenters. The second-order valence-electron chi connectivity index (χ2n) is 2.51. The van der Waals surface area contributed by atoms with Crippen LogP contribution in [0.5, 0.6) is 5.95 Å². The third-order valence-corrected chi connectivity index (χ3v) is 1.73. The van der Waals surface area contributed by atoms with E-state index in [0.717, 1.165) is 0 Å². The third kappa shape index (κ3) is 1.01. The molecule has 0 unspecified atom stereocenters. The summed E-state index contributed by atoms with van der Waals surface area (Å²) >= 11 is 0. The quantitative estimate of drug-likeness (QED) is 0.536. The number of benzene rings is 1. The molecule has 0 aliphatic rings. The van der Waals surface area contributed by atoms with Crippen LogP contribution in [0.2, 0.25) is 0 Å². The summed E-state index contributed by atoms with van der Waals surface area (Å²) in [5.74, 6) is -0.647. The molecule has 0 amide bonds. The maximum absolute atomic E-state index is 10.5. The fourth-order valence-corrected chi connectivity index (χ4v) is 1.20. The van der Waals surface area contributed by atoms with E-state index in [1.165, 1.54) is 6.07 Å². The van der Waals surface area contributed by atoms with Gasteiger partial charge < -0.3 is 9.52 Å². The van der Waals surface area contributed by atoms with Crippen molar-refractivity contribution in [2.24, 2.45) is 0 Å². The van der Waals surface area contributed by atoms with E-state index in [4.69, 9.17) is 9.52 Å². The molecule has 13 heavy (non-hydrogen) atoms. The molecule has 2 rings (SSSR count). The second-order valence-corrected chi connectivity index (χ2v) is 2.51. The molecule has 0 bridgehead atoms. The predicted molar refractivity (Wildman–Crippen MR) is 44.5 cm³/mol. The van der Waals surface area contributed by atoms with E-state index in [9.17, 15) is 10.1 Å². The molecule has 0 spiro atoms. The lowest BCUT2D eigenvalue weighted by atomic mass is 10.2. The van der Waals surface area contributed by atoms with Gasteiger partial charge in [0.25, 0.3) is 0 Å². The average Bonchev–Trinajstić information content (AvgIpc) is 2.39. The molecule has 0 saturated heterocycles. The third-order valence-electron chi connectivity index (χ3n) is 1.73. The summed E-state index contributed by atoms with van der Waals surface area (Å²) in [5, 5.41) is 19.9. The Hall–Kier alpha value is -2.04. The molecule has 1 aromatic heterocycles. The highest BCUT2D eigenvalue weighted by Gasteiger charge is 2.23. The van der Waals surface area contributed by atoms with Crippen molar-refractivity contribution in [3.63, 3.8) is 0 Å². The summed E-state index contributed by atoms with van der Waals surface area (Å²) in [4.78, 5) is 9.82. The molecule has 0 saturated carbocycles. The normalized spacial score (nSPS) is 10.5. The summed E-state index contributed by atoms with van der Waals surface area (Å²) in [6.45, 7) is 0. The summed E-state index contributed by atoms with van der Waals surface area (Å²) in [6, 6.07) is 6.40. The van der Waals surface area contributed by atoms with Gasteiger partial charge in [0.2, 0.25) is 0 Å². The van der Waals surface area contributed by atoms with E-state index < -0.39 is 10.9 Å². The first kappa shape index (κ1) is 7.60. The van der Waals surface area contributed by atoms with Crippen LogP contribution in [0.15, 0.2) is 28.7 Å². The van der Waals surface area contributed by atoms with Gasteiger partial charge >= 0.3 is 11.6 Å². The minimum atomic E-state index is -0.666. The summed E-state index contributed by atoms with van der Waals surface area (Å²) < 4.78 is 4.77. The number of rotatable bonds is 1. The lowest BCUT2D eigenvalue weighted by Gasteiger charge is -1.85. The minimum Gasteiger partial charge on any atom is -0.476 e. The highest BCUT2D eigenvalue weighted by molar-refractivity contribution is 5.89. The molecular weight excluding hydrogens is 174 g/mol. The second kappa shape index (κ2) is 2.48. The molecule has 1 N–H and O–H groups in total. The van der Waals surface area contributed by atoms with Crippen LogP contribution >= 0.6 is 0 Å². The van der Waals surface area contributed by atoms with E-state index in [1.54, 1.807) is 18.2 Å². The Morgan fingerprint density at radius 3 is 2.77 bits per heavy atom. The molecule has 0 aliphatic carbocycles. The molecule has 2 aromatic rings. The van der Waals surface area contributed by atoms with Crippen LogP contribution in [0.1, 0.15) is 0 Å². The SMILES string of the molecule is O=[N+]([O-])c1c(O)oc2ccccc12. The van der Waals surface area contributed by atoms with Crippen LogP contribution in [0.25, 0.3) is 11.0 Å². The number of aromatic hydroxyl groups is 1. The topological polar surface area (TPSA) is 76.5 Å². The number of nitrogens with zero attached hydrogens (tertiary/aromatic N) is 1. The zero-order chi connectivity index (χ0) is 9.42. The summed E-state index contributed by atoms with van der Waals surface area (Å²) in [5.41, 5.74) is -0.0673. The Balaban J connectivity index is 2.86. The largest absolute Gasteiger partial charge is 0.476 e. The zero-order valence-corrected chi connectivity index (χ0v) is 6.43. The molecule has 0 radical (unpaired) electrons. The van der Waals surface area contributed by atoms with Gasteiger partial charge in [0.1, 0.15) is 11.0 Å². The van der Waals surface area contributed by atoms with Gasteiger partial charge in [-0.25, -0.2) is 0 Å². The van der Waals surface area contributed by atoms with Crippen molar-refractivity contribution in [2.75, 3.05) is 0 Å². The fraction of sp³-hybridized carbons (Fsp3) is 0. The molecule has 1 aromatic carbocycles. The van der Waals surface area contributed by atoms with Crippen LogP contribution in [0, 0.1) is 10.1 Å². The average molecular weight is 179 g/mol. The monoisotopic (exact) mass is 179 g/mol. The summed E-state index contributed by atoms with van der Waals surface area (Å²) in [7, 11) is 0. The van der Waals surface area contributed by atoms with Gasteiger partial charge in [0, 0.05) is 0 Å². The summed E-state index contributed by atoms with van der Waals surface area (Å²) in [6.07, 6.45) is 0. The van der Waals surface area contributed by atoms with E-state index in [1.807, 2.05) is 0 Å². The van der Waals surface area contributed by atoms with Crippen molar-refractivity contribution in [3.05, 3.63) is 34.4 Å². The number of furan rings is 1. The number of fused-ring (bicyclic) bond motifs is 1. The minimum absolute atomic E-state index is 0.310. The Kier molecular flexibility index (Phi) is 1.45. The Morgan fingerprint density at radius 2 is 2.08 bits per heavy atom. The molecule has 0 fully saturated rings.